The fraction of sp³-hybridized carbons (Fsp3) is 0.238. The largest absolute Gasteiger partial charge is 0.369 e. The Morgan fingerprint density at radius 3 is 1.96 bits per heavy atom. The van der Waals surface area contributed by atoms with Gasteiger partial charge in [-0.05, 0) is 17.0 Å². The van der Waals surface area contributed by atoms with Crippen molar-refractivity contribution in [2.45, 2.75) is 25.7 Å². The maximum atomic E-state index is 4.36. The molecule has 0 amide bonds. The number of rotatable bonds is 6. The van der Waals surface area contributed by atoms with Crippen LogP contribution in [0.5, 0.6) is 0 Å². The molecule has 0 aliphatic carbocycles. The van der Waals surface area contributed by atoms with E-state index in [4.69, 9.17) is 0 Å². The van der Waals surface area contributed by atoms with Gasteiger partial charge in [-0.25, -0.2) is 9.97 Å². The molecule has 0 aliphatic rings. The monoisotopic (exact) mass is 317 g/mol. The Labute approximate surface area is 143 Å². The van der Waals surface area contributed by atoms with Gasteiger partial charge in [-0.1, -0.05) is 74.5 Å². The van der Waals surface area contributed by atoms with Gasteiger partial charge in [0.2, 0.25) is 0 Å². The highest BCUT2D eigenvalue weighted by Gasteiger charge is 2.14. The maximum absolute atomic E-state index is 4.36. The van der Waals surface area contributed by atoms with E-state index in [1.54, 1.807) is 6.33 Å². The van der Waals surface area contributed by atoms with Gasteiger partial charge in [0.05, 0.1) is 0 Å². The molecule has 0 bridgehead atoms. The van der Waals surface area contributed by atoms with Crippen molar-refractivity contribution < 1.29 is 0 Å². The SMILES string of the molecule is CC(C)c1cc(NCC(c2ccccc2)c2ccccc2)ncn1. The Morgan fingerprint density at radius 1 is 0.833 bits per heavy atom. The van der Waals surface area contributed by atoms with Crippen molar-refractivity contribution in [3.63, 3.8) is 0 Å². The van der Waals surface area contributed by atoms with Crippen LogP contribution in [0.2, 0.25) is 0 Å². The average molecular weight is 317 g/mol. The number of anilines is 1. The van der Waals surface area contributed by atoms with E-state index < -0.39 is 0 Å². The average Bonchev–Trinajstić information content (AvgIpc) is 2.64. The summed E-state index contributed by atoms with van der Waals surface area (Å²) in [7, 11) is 0. The molecule has 24 heavy (non-hydrogen) atoms. The van der Waals surface area contributed by atoms with Gasteiger partial charge in [-0.2, -0.15) is 0 Å². The zero-order valence-corrected chi connectivity index (χ0v) is 14.2. The highest BCUT2D eigenvalue weighted by Crippen LogP contribution is 2.25. The first-order chi connectivity index (χ1) is 11.7. The Bertz CT molecular complexity index is 715. The van der Waals surface area contributed by atoms with Crippen molar-refractivity contribution in [1.29, 1.82) is 0 Å². The zero-order valence-electron chi connectivity index (χ0n) is 14.2. The fourth-order valence-corrected chi connectivity index (χ4v) is 2.79. The quantitative estimate of drug-likeness (QED) is 0.706. The third-order valence-electron chi connectivity index (χ3n) is 4.17. The van der Waals surface area contributed by atoms with E-state index in [-0.39, 0.29) is 5.92 Å². The Kier molecular flexibility index (Phi) is 5.22. The second kappa shape index (κ2) is 7.73. The van der Waals surface area contributed by atoms with E-state index in [1.807, 2.05) is 6.07 Å². The van der Waals surface area contributed by atoms with Crippen LogP contribution in [0.1, 0.15) is 42.5 Å². The normalized spacial score (nSPS) is 11.0. The molecule has 0 saturated heterocycles. The highest BCUT2D eigenvalue weighted by atomic mass is 15.0. The molecule has 3 rings (SSSR count). The summed E-state index contributed by atoms with van der Waals surface area (Å²) in [5.74, 6) is 1.56. The summed E-state index contributed by atoms with van der Waals surface area (Å²) in [4.78, 5) is 8.69. The first-order valence-electron chi connectivity index (χ1n) is 8.39. The summed E-state index contributed by atoms with van der Waals surface area (Å²) in [5, 5.41) is 3.49. The molecular formula is C21H23N3. The summed E-state index contributed by atoms with van der Waals surface area (Å²) < 4.78 is 0. The summed E-state index contributed by atoms with van der Waals surface area (Å²) in [5.41, 5.74) is 3.66. The highest BCUT2D eigenvalue weighted by molar-refractivity contribution is 5.40. The standard InChI is InChI=1S/C21H23N3/c1-16(2)20-13-21(24-15-23-20)22-14-19(17-9-5-3-6-10-17)18-11-7-4-8-12-18/h3-13,15-16,19H,14H2,1-2H3,(H,22,23,24). The van der Waals surface area contributed by atoms with Crippen LogP contribution in [-0.2, 0) is 0 Å². The second-order valence-corrected chi connectivity index (χ2v) is 6.24. The maximum Gasteiger partial charge on any atom is 0.129 e. The van der Waals surface area contributed by atoms with Gasteiger partial charge >= 0.3 is 0 Å². The molecule has 0 saturated carbocycles. The topological polar surface area (TPSA) is 37.8 Å². The van der Waals surface area contributed by atoms with Crippen LogP contribution in [0.3, 0.4) is 0 Å². The van der Waals surface area contributed by atoms with Gasteiger partial charge in [0.25, 0.3) is 0 Å². The predicted molar refractivity (Wildman–Crippen MR) is 99.3 cm³/mol. The van der Waals surface area contributed by atoms with Crippen molar-refractivity contribution in [2.24, 2.45) is 0 Å². The Morgan fingerprint density at radius 2 is 1.42 bits per heavy atom. The minimum Gasteiger partial charge on any atom is -0.369 e. The van der Waals surface area contributed by atoms with Gasteiger partial charge in [0.15, 0.2) is 0 Å². The summed E-state index contributed by atoms with van der Waals surface area (Å²) in [6.45, 7) is 5.08. The van der Waals surface area contributed by atoms with Crippen molar-refractivity contribution in [2.75, 3.05) is 11.9 Å². The van der Waals surface area contributed by atoms with Crippen molar-refractivity contribution in [1.82, 2.24) is 9.97 Å². The minimum absolute atomic E-state index is 0.282. The van der Waals surface area contributed by atoms with Crippen LogP contribution >= 0.6 is 0 Å². The molecule has 0 radical (unpaired) electrons. The third-order valence-corrected chi connectivity index (χ3v) is 4.17. The van der Waals surface area contributed by atoms with Gasteiger partial charge in [0, 0.05) is 24.2 Å². The second-order valence-electron chi connectivity index (χ2n) is 6.24. The minimum atomic E-state index is 0.282. The molecule has 1 heterocycles. The van der Waals surface area contributed by atoms with E-state index in [0.29, 0.717) is 5.92 Å². The molecule has 0 unspecified atom stereocenters. The lowest BCUT2D eigenvalue weighted by Crippen LogP contribution is -2.15. The van der Waals surface area contributed by atoms with Crippen LogP contribution < -0.4 is 5.32 Å². The van der Waals surface area contributed by atoms with Gasteiger partial charge in [0.1, 0.15) is 12.1 Å². The first-order valence-corrected chi connectivity index (χ1v) is 8.39. The third kappa shape index (κ3) is 3.99. The smallest absolute Gasteiger partial charge is 0.129 e. The summed E-state index contributed by atoms with van der Waals surface area (Å²) in [6.07, 6.45) is 1.64. The van der Waals surface area contributed by atoms with E-state index >= 15 is 0 Å². The molecule has 3 aromatic rings. The van der Waals surface area contributed by atoms with Crippen LogP contribution in [0, 0.1) is 0 Å². The molecule has 0 fully saturated rings. The number of hydrogen-bond acceptors (Lipinski definition) is 3. The fourth-order valence-electron chi connectivity index (χ4n) is 2.79. The Balaban J connectivity index is 1.82. The van der Waals surface area contributed by atoms with Crippen molar-refractivity contribution >= 4 is 5.82 Å². The van der Waals surface area contributed by atoms with E-state index in [0.717, 1.165) is 18.1 Å². The number of benzene rings is 2. The van der Waals surface area contributed by atoms with Crippen LogP contribution in [0.4, 0.5) is 5.82 Å². The molecule has 3 nitrogen and oxygen atoms in total. The molecule has 0 spiro atoms. The molecule has 0 aliphatic heterocycles. The molecule has 2 aromatic carbocycles. The molecule has 1 N–H and O–H groups in total. The molecule has 122 valence electrons. The summed E-state index contributed by atoms with van der Waals surface area (Å²) in [6, 6.07) is 23.2. The molecular weight excluding hydrogens is 294 g/mol. The zero-order chi connectivity index (χ0) is 16.8. The number of nitrogens with one attached hydrogen (secondary N) is 1. The number of hydrogen-bond donors (Lipinski definition) is 1. The Hall–Kier alpha value is -2.68. The van der Waals surface area contributed by atoms with E-state index in [1.165, 1.54) is 11.1 Å². The van der Waals surface area contributed by atoms with Crippen molar-refractivity contribution in [3.8, 4) is 0 Å². The molecule has 1 aromatic heterocycles. The predicted octanol–water partition coefficient (Wildman–Crippen LogP) is 4.84. The first kappa shape index (κ1) is 16.2. The van der Waals surface area contributed by atoms with Gasteiger partial charge in [-0.3, -0.25) is 0 Å². The number of aromatic nitrogens is 2. The lowest BCUT2D eigenvalue weighted by atomic mass is 9.91. The van der Waals surface area contributed by atoms with Gasteiger partial charge < -0.3 is 5.32 Å². The van der Waals surface area contributed by atoms with E-state index in [9.17, 15) is 0 Å². The van der Waals surface area contributed by atoms with Crippen LogP contribution in [0.15, 0.2) is 73.1 Å². The molecule has 0 atom stereocenters. The van der Waals surface area contributed by atoms with Crippen molar-refractivity contribution in [3.05, 3.63) is 89.9 Å². The molecule has 3 heteroatoms. The number of nitrogens with zero attached hydrogens (tertiary/aromatic N) is 2. The summed E-state index contributed by atoms with van der Waals surface area (Å²) >= 11 is 0. The van der Waals surface area contributed by atoms with E-state index in [2.05, 4.69) is 89.8 Å². The lowest BCUT2D eigenvalue weighted by Gasteiger charge is -2.19. The van der Waals surface area contributed by atoms with Crippen LogP contribution in [-0.4, -0.2) is 16.5 Å². The van der Waals surface area contributed by atoms with Gasteiger partial charge in [-0.15, -0.1) is 0 Å². The lowest BCUT2D eigenvalue weighted by molar-refractivity contribution is 0.808. The van der Waals surface area contributed by atoms with Crippen LogP contribution in [0.25, 0.3) is 0 Å².